The third-order valence-electron chi connectivity index (χ3n) is 5.25. The molecule has 1 aromatic heterocycles. The predicted octanol–water partition coefficient (Wildman–Crippen LogP) is 4.02. The molecule has 2 N–H and O–H groups in total. The van der Waals surface area contributed by atoms with Gasteiger partial charge in [-0.15, -0.1) is 0 Å². The number of alkyl halides is 3. The fourth-order valence-corrected chi connectivity index (χ4v) is 3.58. The van der Waals surface area contributed by atoms with Gasteiger partial charge in [-0.3, -0.25) is 0 Å². The highest BCUT2D eigenvalue weighted by Crippen LogP contribution is 2.32. The number of pyridine rings is 1. The SMILES string of the molecule is O=C(NCc1ccc2c(c1)OCO2)NC1CCC(Oc2ccc(C(F)(F)F)cn2)CC1. The van der Waals surface area contributed by atoms with E-state index in [-0.39, 0.29) is 30.8 Å². The van der Waals surface area contributed by atoms with Gasteiger partial charge in [0.25, 0.3) is 0 Å². The first-order chi connectivity index (χ1) is 14.9. The number of halogens is 3. The smallest absolute Gasteiger partial charge is 0.417 e. The van der Waals surface area contributed by atoms with Crippen molar-refractivity contribution in [3.8, 4) is 17.4 Å². The highest BCUT2D eigenvalue weighted by Gasteiger charge is 2.31. The van der Waals surface area contributed by atoms with E-state index in [4.69, 9.17) is 14.2 Å². The molecule has 0 unspecified atom stereocenters. The van der Waals surface area contributed by atoms with Gasteiger partial charge in [0.1, 0.15) is 6.10 Å². The van der Waals surface area contributed by atoms with Crippen LogP contribution in [0.2, 0.25) is 0 Å². The highest BCUT2D eigenvalue weighted by molar-refractivity contribution is 5.74. The van der Waals surface area contributed by atoms with Gasteiger partial charge in [0.15, 0.2) is 11.5 Å². The lowest BCUT2D eigenvalue weighted by Gasteiger charge is -2.29. The molecule has 0 spiro atoms. The molecule has 0 radical (unpaired) electrons. The zero-order valence-electron chi connectivity index (χ0n) is 16.6. The molecule has 31 heavy (non-hydrogen) atoms. The molecular formula is C21H22F3N3O4. The van der Waals surface area contributed by atoms with Crippen LogP contribution in [0.4, 0.5) is 18.0 Å². The van der Waals surface area contributed by atoms with E-state index >= 15 is 0 Å². The Labute approximate surface area is 176 Å². The molecule has 2 amide bonds. The van der Waals surface area contributed by atoms with Crippen molar-refractivity contribution < 1.29 is 32.2 Å². The topological polar surface area (TPSA) is 81.7 Å². The van der Waals surface area contributed by atoms with E-state index in [0.29, 0.717) is 43.7 Å². The Balaban J connectivity index is 1.18. The van der Waals surface area contributed by atoms with Crippen molar-refractivity contribution >= 4 is 6.03 Å². The number of rotatable bonds is 5. The second-order valence-corrected chi connectivity index (χ2v) is 7.49. The molecule has 1 saturated carbocycles. The van der Waals surface area contributed by atoms with Gasteiger partial charge in [0.2, 0.25) is 12.7 Å². The predicted molar refractivity (Wildman–Crippen MR) is 104 cm³/mol. The van der Waals surface area contributed by atoms with Gasteiger partial charge < -0.3 is 24.8 Å². The summed E-state index contributed by atoms with van der Waals surface area (Å²) in [6, 6.07) is 7.45. The molecule has 1 fully saturated rings. The zero-order valence-corrected chi connectivity index (χ0v) is 16.6. The van der Waals surface area contributed by atoms with E-state index in [1.807, 2.05) is 18.2 Å². The summed E-state index contributed by atoms with van der Waals surface area (Å²) in [5, 5.41) is 5.77. The van der Waals surface area contributed by atoms with Gasteiger partial charge >= 0.3 is 12.2 Å². The third-order valence-corrected chi connectivity index (χ3v) is 5.25. The highest BCUT2D eigenvalue weighted by atomic mass is 19.4. The Morgan fingerprint density at radius 2 is 1.87 bits per heavy atom. The number of nitrogens with zero attached hydrogens (tertiary/aromatic N) is 1. The first-order valence-corrected chi connectivity index (χ1v) is 9.99. The average molecular weight is 437 g/mol. The molecule has 1 aromatic carbocycles. The fraction of sp³-hybridized carbons (Fsp3) is 0.429. The van der Waals surface area contributed by atoms with E-state index in [1.54, 1.807) is 0 Å². The van der Waals surface area contributed by atoms with Crippen LogP contribution >= 0.6 is 0 Å². The summed E-state index contributed by atoms with van der Waals surface area (Å²) in [5.41, 5.74) is 0.0973. The summed E-state index contributed by atoms with van der Waals surface area (Å²) in [6.45, 7) is 0.564. The number of carbonyl (C=O) groups excluding carboxylic acids is 1. The first kappa shape index (κ1) is 21.1. The maximum absolute atomic E-state index is 12.6. The van der Waals surface area contributed by atoms with Crippen LogP contribution < -0.4 is 24.8 Å². The molecule has 2 heterocycles. The molecular weight excluding hydrogens is 415 g/mol. The van der Waals surface area contributed by atoms with Crippen molar-refractivity contribution in [2.75, 3.05) is 6.79 Å². The van der Waals surface area contributed by atoms with Crippen molar-refractivity contribution in [1.29, 1.82) is 0 Å². The Bertz CT molecular complexity index is 913. The number of hydrogen-bond acceptors (Lipinski definition) is 5. The van der Waals surface area contributed by atoms with E-state index < -0.39 is 11.7 Å². The van der Waals surface area contributed by atoms with Crippen molar-refractivity contribution in [2.24, 2.45) is 0 Å². The lowest BCUT2D eigenvalue weighted by molar-refractivity contribution is -0.137. The minimum atomic E-state index is -4.42. The van der Waals surface area contributed by atoms with E-state index in [2.05, 4.69) is 15.6 Å². The number of fused-ring (bicyclic) bond motifs is 1. The molecule has 4 rings (SSSR count). The Kier molecular flexibility index (Phi) is 6.06. The monoisotopic (exact) mass is 437 g/mol. The van der Waals surface area contributed by atoms with Crippen LogP contribution in [-0.4, -0.2) is 30.0 Å². The van der Waals surface area contributed by atoms with Crippen molar-refractivity contribution in [3.05, 3.63) is 47.7 Å². The van der Waals surface area contributed by atoms with Crippen LogP contribution in [-0.2, 0) is 12.7 Å². The molecule has 7 nitrogen and oxygen atoms in total. The first-order valence-electron chi connectivity index (χ1n) is 9.99. The quantitative estimate of drug-likeness (QED) is 0.739. The molecule has 0 saturated heterocycles. The van der Waals surface area contributed by atoms with Crippen LogP contribution in [0.15, 0.2) is 36.5 Å². The molecule has 0 bridgehead atoms. The lowest BCUT2D eigenvalue weighted by atomic mass is 9.93. The Morgan fingerprint density at radius 1 is 1.10 bits per heavy atom. The number of nitrogens with one attached hydrogen (secondary N) is 2. The maximum Gasteiger partial charge on any atom is 0.417 e. The third kappa shape index (κ3) is 5.50. The number of benzene rings is 1. The van der Waals surface area contributed by atoms with Gasteiger partial charge in [0, 0.05) is 24.8 Å². The van der Waals surface area contributed by atoms with E-state index in [9.17, 15) is 18.0 Å². The van der Waals surface area contributed by atoms with Crippen LogP contribution in [0.1, 0.15) is 36.8 Å². The van der Waals surface area contributed by atoms with Crippen LogP contribution in [0.5, 0.6) is 17.4 Å². The van der Waals surface area contributed by atoms with E-state index in [1.165, 1.54) is 6.07 Å². The van der Waals surface area contributed by atoms with Gasteiger partial charge in [-0.1, -0.05) is 6.07 Å². The summed E-state index contributed by atoms with van der Waals surface area (Å²) in [4.78, 5) is 15.9. The number of ether oxygens (including phenoxy) is 3. The van der Waals surface area contributed by atoms with Crippen LogP contribution in [0.3, 0.4) is 0 Å². The Hall–Kier alpha value is -3.17. The number of aromatic nitrogens is 1. The largest absolute Gasteiger partial charge is 0.474 e. The molecule has 166 valence electrons. The summed E-state index contributed by atoms with van der Waals surface area (Å²) in [5.74, 6) is 1.53. The minimum Gasteiger partial charge on any atom is -0.474 e. The fourth-order valence-electron chi connectivity index (χ4n) is 3.58. The van der Waals surface area contributed by atoms with Gasteiger partial charge in [0.05, 0.1) is 5.56 Å². The molecule has 1 aliphatic heterocycles. The van der Waals surface area contributed by atoms with Gasteiger partial charge in [-0.25, -0.2) is 9.78 Å². The van der Waals surface area contributed by atoms with Crippen molar-refractivity contribution in [3.63, 3.8) is 0 Å². The lowest BCUT2D eigenvalue weighted by Crippen LogP contribution is -2.44. The summed E-state index contributed by atoms with van der Waals surface area (Å²) in [7, 11) is 0. The molecule has 0 atom stereocenters. The maximum atomic E-state index is 12.6. The zero-order chi connectivity index (χ0) is 21.8. The standard InChI is InChI=1S/C21H22F3N3O4/c22-21(23,24)14-2-8-19(25-11-14)31-16-5-3-15(4-6-16)27-20(28)26-10-13-1-7-17-18(9-13)30-12-29-17/h1-2,7-9,11,15-16H,3-6,10,12H2,(H2,26,27,28). The summed E-state index contributed by atoms with van der Waals surface area (Å²) < 4.78 is 54.1. The number of amides is 2. The number of urea groups is 1. The number of carbonyl (C=O) groups is 1. The second-order valence-electron chi connectivity index (χ2n) is 7.49. The summed E-state index contributed by atoms with van der Waals surface area (Å²) in [6.07, 6.45) is -1.01. The molecule has 1 aliphatic carbocycles. The number of hydrogen-bond donors (Lipinski definition) is 2. The molecule has 2 aliphatic rings. The summed E-state index contributed by atoms with van der Waals surface area (Å²) >= 11 is 0. The second kappa shape index (κ2) is 8.91. The Morgan fingerprint density at radius 3 is 2.58 bits per heavy atom. The van der Waals surface area contributed by atoms with Crippen molar-refractivity contribution in [1.82, 2.24) is 15.6 Å². The molecule has 2 aromatic rings. The average Bonchev–Trinajstić information content (AvgIpc) is 3.21. The van der Waals surface area contributed by atoms with Crippen LogP contribution in [0.25, 0.3) is 0 Å². The van der Waals surface area contributed by atoms with E-state index in [0.717, 1.165) is 17.8 Å². The van der Waals surface area contributed by atoms with Crippen molar-refractivity contribution in [2.45, 2.75) is 50.6 Å². The van der Waals surface area contributed by atoms with Gasteiger partial charge in [-0.05, 0) is 49.4 Å². The minimum absolute atomic E-state index is 0.0113. The normalized spacial score (nSPS) is 20.2. The van der Waals surface area contributed by atoms with Gasteiger partial charge in [-0.2, -0.15) is 13.2 Å². The molecule has 10 heteroatoms. The van der Waals surface area contributed by atoms with Crippen LogP contribution in [0, 0.1) is 0 Å².